The van der Waals surface area contributed by atoms with E-state index in [1.165, 1.54) is 11.3 Å². The summed E-state index contributed by atoms with van der Waals surface area (Å²) >= 11 is 1.44. The van der Waals surface area contributed by atoms with Crippen molar-refractivity contribution in [3.63, 3.8) is 0 Å². The predicted octanol–water partition coefficient (Wildman–Crippen LogP) is 2.16. The summed E-state index contributed by atoms with van der Waals surface area (Å²) in [6.45, 7) is 6.55. The molecule has 0 aromatic carbocycles. The van der Waals surface area contributed by atoms with Gasteiger partial charge in [0.15, 0.2) is 0 Å². The van der Waals surface area contributed by atoms with Crippen molar-refractivity contribution in [3.8, 4) is 0 Å². The van der Waals surface area contributed by atoms with Crippen LogP contribution in [0.4, 0.5) is 5.69 Å². The van der Waals surface area contributed by atoms with Crippen molar-refractivity contribution in [2.24, 2.45) is 0 Å². The van der Waals surface area contributed by atoms with E-state index in [-0.39, 0.29) is 24.2 Å². The summed E-state index contributed by atoms with van der Waals surface area (Å²) < 4.78 is 12.2. The van der Waals surface area contributed by atoms with Crippen LogP contribution in [0.2, 0.25) is 0 Å². The van der Waals surface area contributed by atoms with E-state index >= 15 is 0 Å². The van der Waals surface area contributed by atoms with E-state index in [0.717, 1.165) is 30.2 Å². The fourth-order valence-corrected chi connectivity index (χ4v) is 4.17. The summed E-state index contributed by atoms with van der Waals surface area (Å²) in [5.41, 5.74) is 3.20. The Morgan fingerprint density at radius 1 is 1.19 bits per heavy atom. The molecule has 2 atom stereocenters. The first kappa shape index (κ1) is 17.5. The number of ether oxygens (including phenoxy) is 2. The van der Waals surface area contributed by atoms with Crippen LogP contribution < -0.4 is 10.2 Å². The van der Waals surface area contributed by atoms with Gasteiger partial charge in [-0.2, -0.15) is 0 Å². The zero-order chi connectivity index (χ0) is 18.1. The van der Waals surface area contributed by atoms with Crippen LogP contribution in [-0.2, 0) is 9.47 Å². The van der Waals surface area contributed by atoms with Gasteiger partial charge >= 0.3 is 0 Å². The number of aryl methyl sites for hydroxylation is 2. The largest absolute Gasteiger partial charge is 0.371 e. The highest BCUT2D eigenvalue weighted by Gasteiger charge is 2.38. The van der Waals surface area contributed by atoms with Gasteiger partial charge in [-0.25, -0.2) is 0 Å². The number of thiophene rings is 1. The van der Waals surface area contributed by atoms with E-state index in [9.17, 15) is 4.79 Å². The van der Waals surface area contributed by atoms with E-state index in [4.69, 9.17) is 9.47 Å². The standard InChI is InChI=1S/C19H23N3O3S/c1-12-6-15(7-13(2)20-12)22-8-16-17(9-22)25-11-14(10-24-16)21-19(23)18-4-3-5-26-18/h3-7,14,16-17H,8-11H2,1-2H3,(H,21,23)/t16-,17-/m0/s1. The molecule has 2 saturated heterocycles. The molecule has 6 nitrogen and oxygen atoms in total. The lowest BCUT2D eigenvalue weighted by molar-refractivity contribution is -0.00461. The van der Waals surface area contributed by atoms with Crippen molar-refractivity contribution in [3.05, 3.63) is 45.9 Å². The summed E-state index contributed by atoms with van der Waals surface area (Å²) in [6, 6.07) is 7.78. The quantitative estimate of drug-likeness (QED) is 0.893. The summed E-state index contributed by atoms with van der Waals surface area (Å²) in [5.74, 6) is -0.0615. The number of carbonyl (C=O) groups is 1. The molecule has 4 rings (SSSR count). The van der Waals surface area contributed by atoms with Crippen LogP contribution in [0.3, 0.4) is 0 Å². The van der Waals surface area contributed by atoms with Gasteiger partial charge in [-0.3, -0.25) is 9.78 Å². The number of aromatic nitrogens is 1. The Labute approximate surface area is 157 Å². The van der Waals surface area contributed by atoms with Gasteiger partial charge in [0.2, 0.25) is 0 Å². The summed E-state index contributed by atoms with van der Waals surface area (Å²) in [6.07, 6.45) is 0.0415. The molecule has 0 aliphatic carbocycles. The molecule has 7 heteroatoms. The minimum absolute atomic E-state index is 0.0208. The first-order valence-corrected chi connectivity index (χ1v) is 9.74. The van der Waals surface area contributed by atoms with Crippen molar-refractivity contribution >= 4 is 22.9 Å². The van der Waals surface area contributed by atoms with Crippen LogP contribution in [0.1, 0.15) is 21.1 Å². The number of anilines is 1. The number of fused-ring (bicyclic) bond motifs is 1. The maximum atomic E-state index is 12.2. The molecule has 0 spiro atoms. The molecular formula is C19H23N3O3S. The summed E-state index contributed by atoms with van der Waals surface area (Å²) in [5, 5.41) is 4.91. The Kier molecular flexibility index (Phi) is 4.93. The van der Waals surface area contributed by atoms with Gasteiger partial charge in [0.25, 0.3) is 5.91 Å². The summed E-state index contributed by atoms with van der Waals surface area (Å²) in [4.78, 5) is 19.7. The fourth-order valence-electron chi connectivity index (χ4n) is 3.55. The molecule has 2 aliphatic heterocycles. The SMILES string of the molecule is Cc1cc(N2C[C@@H]3OCC(NC(=O)c4cccs4)CO[C@H]3C2)cc(C)n1. The number of rotatable bonds is 3. The van der Waals surface area contributed by atoms with Crippen LogP contribution in [0.5, 0.6) is 0 Å². The average Bonchev–Trinajstić information content (AvgIpc) is 3.23. The van der Waals surface area contributed by atoms with Gasteiger partial charge in [-0.05, 0) is 37.4 Å². The molecule has 0 saturated carbocycles. The lowest BCUT2D eigenvalue weighted by Crippen LogP contribution is -2.41. The van der Waals surface area contributed by atoms with Crippen LogP contribution in [0.15, 0.2) is 29.6 Å². The number of pyridine rings is 1. The smallest absolute Gasteiger partial charge is 0.261 e. The Morgan fingerprint density at radius 2 is 1.85 bits per heavy atom. The fraction of sp³-hybridized carbons (Fsp3) is 0.474. The third kappa shape index (κ3) is 3.75. The van der Waals surface area contributed by atoms with E-state index < -0.39 is 0 Å². The number of carbonyl (C=O) groups excluding carboxylic acids is 1. The lowest BCUT2D eigenvalue weighted by atomic mass is 10.2. The molecule has 2 aromatic heterocycles. The van der Waals surface area contributed by atoms with Gasteiger partial charge in [0.05, 0.1) is 24.1 Å². The van der Waals surface area contributed by atoms with E-state index in [2.05, 4.69) is 27.3 Å². The number of amides is 1. The number of nitrogens with one attached hydrogen (secondary N) is 1. The average molecular weight is 373 g/mol. The zero-order valence-electron chi connectivity index (χ0n) is 15.0. The number of nitrogens with zero attached hydrogens (tertiary/aromatic N) is 2. The Bertz CT molecular complexity index is 744. The zero-order valence-corrected chi connectivity index (χ0v) is 15.8. The minimum atomic E-state index is -0.117. The molecule has 4 heterocycles. The molecule has 26 heavy (non-hydrogen) atoms. The summed E-state index contributed by atoms with van der Waals surface area (Å²) in [7, 11) is 0. The molecule has 138 valence electrons. The van der Waals surface area contributed by atoms with Crippen LogP contribution >= 0.6 is 11.3 Å². The normalized spacial score (nSPS) is 23.5. The molecule has 1 amide bonds. The third-order valence-electron chi connectivity index (χ3n) is 4.75. The topological polar surface area (TPSA) is 63.7 Å². The molecule has 0 bridgehead atoms. The first-order valence-electron chi connectivity index (χ1n) is 8.86. The van der Waals surface area contributed by atoms with Crippen molar-refractivity contribution in [2.45, 2.75) is 32.1 Å². The van der Waals surface area contributed by atoms with E-state index in [0.29, 0.717) is 18.1 Å². The minimum Gasteiger partial charge on any atom is -0.371 e. The molecular weight excluding hydrogens is 350 g/mol. The predicted molar refractivity (Wildman–Crippen MR) is 101 cm³/mol. The monoisotopic (exact) mass is 373 g/mol. The lowest BCUT2D eigenvalue weighted by Gasteiger charge is -2.21. The Morgan fingerprint density at radius 3 is 2.42 bits per heavy atom. The highest BCUT2D eigenvalue weighted by Crippen LogP contribution is 2.26. The first-order chi connectivity index (χ1) is 12.6. The number of hydrogen-bond donors (Lipinski definition) is 1. The van der Waals surface area contributed by atoms with Crippen molar-refractivity contribution in [2.75, 3.05) is 31.2 Å². The maximum Gasteiger partial charge on any atom is 0.261 e. The van der Waals surface area contributed by atoms with Gasteiger partial charge in [-0.1, -0.05) is 6.07 Å². The second-order valence-electron chi connectivity index (χ2n) is 6.90. The highest BCUT2D eigenvalue weighted by molar-refractivity contribution is 7.12. The second kappa shape index (κ2) is 7.34. The highest BCUT2D eigenvalue weighted by atomic mass is 32.1. The molecule has 2 aromatic rings. The van der Waals surface area contributed by atoms with Crippen molar-refractivity contribution in [1.82, 2.24) is 10.3 Å². The molecule has 1 N–H and O–H groups in total. The molecule has 0 radical (unpaired) electrons. The second-order valence-corrected chi connectivity index (χ2v) is 7.85. The van der Waals surface area contributed by atoms with Gasteiger partial charge in [0.1, 0.15) is 12.2 Å². The Hall–Kier alpha value is -1.96. The molecule has 2 fully saturated rings. The van der Waals surface area contributed by atoms with Crippen LogP contribution in [0, 0.1) is 13.8 Å². The van der Waals surface area contributed by atoms with Crippen molar-refractivity contribution in [1.29, 1.82) is 0 Å². The van der Waals surface area contributed by atoms with Crippen LogP contribution in [-0.4, -0.2) is 55.4 Å². The molecule has 0 unspecified atom stereocenters. The van der Waals surface area contributed by atoms with E-state index in [1.54, 1.807) is 0 Å². The third-order valence-corrected chi connectivity index (χ3v) is 5.62. The maximum absolute atomic E-state index is 12.2. The van der Waals surface area contributed by atoms with Gasteiger partial charge < -0.3 is 19.7 Å². The number of hydrogen-bond acceptors (Lipinski definition) is 6. The van der Waals surface area contributed by atoms with Crippen LogP contribution in [0.25, 0.3) is 0 Å². The van der Waals surface area contributed by atoms with Gasteiger partial charge in [0, 0.05) is 30.2 Å². The van der Waals surface area contributed by atoms with E-state index in [1.807, 2.05) is 31.4 Å². The Balaban J connectivity index is 1.36. The molecule has 2 aliphatic rings. The van der Waals surface area contributed by atoms with Crippen molar-refractivity contribution < 1.29 is 14.3 Å². The van der Waals surface area contributed by atoms with Gasteiger partial charge in [-0.15, -0.1) is 11.3 Å².